The summed E-state index contributed by atoms with van der Waals surface area (Å²) in [6.07, 6.45) is 7.94. The minimum absolute atomic E-state index is 0.171. The summed E-state index contributed by atoms with van der Waals surface area (Å²) in [4.78, 5) is 37.6. The molecule has 11 nitrogen and oxygen atoms in total. The van der Waals surface area contributed by atoms with E-state index in [4.69, 9.17) is 14.3 Å². The summed E-state index contributed by atoms with van der Waals surface area (Å²) in [5.74, 6) is 2.23. The lowest BCUT2D eigenvalue weighted by Crippen LogP contribution is -2.53. The number of amides is 1. The van der Waals surface area contributed by atoms with Crippen LogP contribution in [0.5, 0.6) is 0 Å². The van der Waals surface area contributed by atoms with Gasteiger partial charge in [-0.05, 0) is 59.2 Å². The van der Waals surface area contributed by atoms with Crippen LogP contribution in [-0.2, 0) is 9.31 Å². The van der Waals surface area contributed by atoms with Gasteiger partial charge in [-0.15, -0.1) is 0 Å². The van der Waals surface area contributed by atoms with E-state index >= 15 is 0 Å². The van der Waals surface area contributed by atoms with Gasteiger partial charge in [0.1, 0.15) is 11.6 Å². The third-order valence-electron chi connectivity index (χ3n) is 8.59. The first-order valence-corrected chi connectivity index (χ1v) is 14.3. The highest BCUT2D eigenvalue weighted by atomic mass is 16.7. The Hall–Kier alpha value is -3.77. The fraction of sp³-hybridized carbons (Fsp3) is 0.483. The number of pyridine rings is 2. The average molecular weight is 556 g/mol. The number of carbonyl (C=O) groups is 1. The third kappa shape index (κ3) is 5.45. The number of carbonyl (C=O) groups excluding carboxylic acids is 1. The molecule has 3 aliphatic heterocycles. The minimum atomic E-state index is -0.422. The second-order valence-corrected chi connectivity index (χ2v) is 12.0. The molecule has 3 saturated heterocycles. The zero-order chi connectivity index (χ0) is 28.8. The van der Waals surface area contributed by atoms with E-state index in [2.05, 4.69) is 69.6 Å². The monoisotopic (exact) mass is 556 g/mol. The van der Waals surface area contributed by atoms with E-state index < -0.39 is 7.12 Å². The molecular weight excluding hydrogens is 519 g/mol. The number of hydrogen-bond acceptors (Lipinski definition) is 10. The first-order valence-electron chi connectivity index (χ1n) is 14.3. The molecule has 3 fully saturated rings. The summed E-state index contributed by atoms with van der Waals surface area (Å²) in [6.45, 7) is 14.7. The van der Waals surface area contributed by atoms with Crippen LogP contribution in [0.15, 0.2) is 49.1 Å². The van der Waals surface area contributed by atoms with Crippen molar-refractivity contribution in [3.63, 3.8) is 0 Å². The van der Waals surface area contributed by atoms with Crippen LogP contribution >= 0.6 is 0 Å². The normalized spacial score (nSPS) is 21.5. The zero-order valence-electron chi connectivity index (χ0n) is 24.4. The quantitative estimate of drug-likeness (QED) is 0.456. The molecule has 0 aromatic carbocycles. The van der Waals surface area contributed by atoms with Gasteiger partial charge in [0.25, 0.3) is 5.91 Å². The van der Waals surface area contributed by atoms with E-state index in [1.54, 1.807) is 24.7 Å². The molecule has 3 aliphatic rings. The van der Waals surface area contributed by atoms with Crippen molar-refractivity contribution in [2.75, 3.05) is 52.7 Å². The maximum absolute atomic E-state index is 12.7. The number of anilines is 4. The van der Waals surface area contributed by atoms with E-state index in [1.807, 2.05) is 24.4 Å². The fourth-order valence-corrected chi connectivity index (χ4v) is 5.16. The molecule has 12 heteroatoms. The van der Waals surface area contributed by atoms with E-state index in [-0.39, 0.29) is 23.2 Å². The van der Waals surface area contributed by atoms with Crippen LogP contribution in [0.2, 0.25) is 0 Å². The van der Waals surface area contributed by atoms with Crippen LogP contribution in [0.4, 0.5) is 23.3 Å². The Morgan fingerprint density at radius 2 is 1.51 bits per heavy atom. The number of nitrogens with one attached hydrogen (secondary N) is 1. The summed E-state index contributed by atoms with van der Waals surface area (Å²) < 4.78 is 12.3. The number of rotatable bonds is 6. The molecule has 214 valence electrons. The van der Waals surface area contributed by atoms with Gasteiger partial charge in [-0.2, -0.15) is 0 Å². The number of hydrogen-bond donors (Lipinski definition) is 1. The molecule has 0 unspecified atom stereocenters. The van der Waals surface area contributed by atoms with Crippen molar-refractivity contribution >= 4 is 41.8 Å². The van der Waals surface area contributed by atoms with E-state index in [1.165, 1.54) is 6.42 Å². The molecule has 3 aromatic heterocycles. The predicted molar refractivity (Wildman–Crippen MR) is 160 cm³/mol. The Kier molecular flexibility index (Phi) is 7.07. The second kappa shape index (κ2) is 10.6. The van der Waals surface area contributed by atoms with Crippen LogP contribution in [0.25, 0.3) is 0 Å². The van der Waals surface area contributed by atoms with Crippen LogP contribution in [0.3, 0.4) is 0 Å². The fourth-order valence-electron chi connectivity index (χ4n) is 5.16. The summed E-state index contributed by atoms with van der Waals surface area (Å²) in [5, 5.41) is 2.87. The van der Waals surface area contributed by atoms with Gasteiger partial charge < -0.3 is 29.3 Å². The SMILES string of the molecule is C[C@H]1CN(c2ccc(B3OC(C)(C)C(C)(C)O3)cn2)CCN1c1ncc(NC(=O)c2ccc(N3CCC3)nc2)cn1. The Morgan fingerprint density at radius 1 is 0.854 bits per heavy atom. The molecule has 1 amide bonds. The summed E-state index contributed by atoms with van der Waals surface area (Å²) in [5.41, 5.74) is 1.19. The van der Waals surface area contributed by atoms with Crippen molar-refractivity contribution in [3.8, 4) is 0 Å². The van der Waals surface area contributed by atoms with Gasteiger partial charge in [0, 0.05) is 56.6 Å². The molecule has 0 aliphatic carbocycles. The molecule has 0 radical (unpaired) electrons. The molecule has 0 bridgehead atoms. The summed E-state index contributed by atoms with van der Waals surface area (Å²) >= 11 is 0. The molecule has 1 atom stereocenters. The van der Waals surface area contributed by atoms with Gasteiger partial charge in [0.2, 0.25) is 5.95 Å². The molecule has 3 aromatic rings. The van der Waals surface area contributed by atoms with Gasteiger partial charge in [-0.3, -0.25) is 4.79 Å². The molecule has 0 saturated carbocycles. The van der Waals surface area contributed by atoms with Crippen molar-refractivity contribution in [2.24, 2.45) is 0 Å². The van der Waals surface area contributed by atoms with Gasteiger partial charge in [-0.25, -0.2) is 19.9 Å². The molecule has 6 heterocycles. The lowest BCUT2D eigenvalue weighted by Gasteiger charge is -2.40. The standard InChI is InChI=1S/C29H37BN8O3/c1-20-19-37(25-10-8-22(16-32-25)30-40-28(2,3)29(4,5)41-30)13-14-38(20)27-33-17-23(18-34-27)35-26(39)21-7-9-24(31-15-21)36-11-6-12-36/h7-10,15-18,20H,6,11-14,19H2,1-5H3,(H,35,39)/t20-/m0/s1. The highest BCUT2D eigenvalue weighted by Crippen LogP contribution is 2.36. The average Bonchev–Trinajstić information content (AvgIpc) is 3.15. The van der Waals surface area contributed by atoms with Crippen LogP contribution < -0.4 is 25.5 Å². The lowest BCUT2D eigenvalue weighted by molar-refractivity contribution is 0.00578. The van der Waals surface area contributed by atoms with Crippen LogP contribution in [-0.4, -0.2) is 82.9 Å². The maximum Gasteiger partial charge on any atom is 0.496 e. The highest BCUT2D eigenvalue weighted by Gasteiger charge is 2.51. The lowest BCUT2D eigenvalue weighted by atomic mass is 9.80. The van der Waals surface area contributed by atoms with Gasteiger partial charge in [-0.1, -0.05) is 6.07 Å². The van der Waals surface area contributed by atoms with Crippen molar-refractivity contribution < 1.29 is 14.1 Å². The van der Waals surface area contributed by atoms with E-state index in [0.29, 0.717) is 17.2 Å². The molecule has 41 heavy (non-hydrogen) atoms. The Morgan fingerprint density at radius 3 is 2.07 bits per heavy atom. The van der Waals surface area contributed by atoms with Crippen molar-refractivity contribution in [1.29, 1.82) is 0 Å². The number of nitrogens with zero attached hydrogens (tertiary/aromatic N) is 7. The Balaban J connectivity index is 1.03. The van der Waals surface area contributed by atoms with Gasteiger partial charge in [0.05, 0.1) is 34.8 Å². The van der Waals surface area contributed by atoms with E-state index in [0.717, 1.165) is 49.8 Å². The van der Waals surface area contributed by atoms with Crippen molar-refractivity contribution in [1.82, 2.24) is 19.9 Å². The van der Waals surface area contributed by atoms with Gasteiger partial charge in [0.15, 0.2) is 0 Å². The van der Waals surface area contributed by atoms with Crippen LogP contribution in [0, 0.1) is 0 Å². The predicted octanol–water partition coefficient (Wildman–Crippen LogP) is 2.74. The largest absolute Gasteiger partial charge is 0.496 e. The summed E-state index contributed by atoms with van der Waals surface area (Å²) in [6, 6.07) is 7.92. The summed E-state index contributed by atoms with van der Waals surface area (Å²) in [7, 11) is -0.422. The van der Waals surface area contributed by atoms with Crippen LogP contribution in [0.1, 0.15) is 51.4 Å². The number of aromatic nitrogens is 4. The Labute approximate surface area is 241 Å². The zero-order valence-corrected chi connectivity index (χ0v) is 24.4. The number of piperazine rings is 1. The minimum Gasteiger partial charge on any atom is -0.399 e. The maximum atomic E-state index is 12.7. The van der Waals surface area contributed by atoms with Crippen molar-refractivity contribution in [3.05, 3.63) is 54.6 Å². The smallest absolute Gasteiger partial charge is 0.399 e. The second-order valence-electron chi connectivity index (χ2n) is 12.0. The third-order valence-corrected chi connectivity index (χ3v) is 8.59. The highest BCUT2D eigenvalue weighted by molar-refractivity contribution is 6.62. The first-order chi connectivity index (χ1) is 19.6. The van der Waals surface area contributed by atoms with E-state index in [9.17, 15) is 4.79 Å². The molecular formula is C29H37BN8O3. The Bertz CT molecular complexity index is 1360. The topological polar surface area (TPSA) is 109 Å². The molecule has 1 N–H and O–H groups in total. The van der Waals surface area contributed by atoms with Crippen molar-refractivity contribution in [2.45, 2.75) is 58.3 Å². The first kappa shape index (κ1) is 27.4. The molecule has 0 spiro atoms. The molecule has 6 rings (SSSR count). The van der Waals surface area contributed by atoms with Gasteiger partial charge >= 0.3 is 7.12 Å².